The highest BCUT2D eigenvalue weighted by molar-refractivity contribution is 7.89. The van der Waals surface area contributed by atoms with Crippen molar-refractivity contribution in [3.8, 4) is 5.75 Å². The van der Waals surface area contributed by atoms with Crippen LogP contribution in [0.5, 0.6) is 5.75 Å². The van der Waals surface area contributed by atoms with E-state index in [0.717, 1.165) is 18.6 Å². The average Bonchev–Trinajstić information content (AvgIpc) is 3.10. The first-order valence-corrected chi connectivity index (χ1v) is 18.0. The number of unbranched alkanes of at least 4 members (excludes halogenated alkanes) is 3. The van der Waals surface area contributed by atoms with Crippen LogP contribution in [0, 0.1) is 0 Å². The Morgan fingerprint density at radius 2 is 1.38 bits per heavy atom. The molecule has 0 spiro atoms. The lowest BCUT2D eigenvalue weighted by molar-refractivity contribution is 0.0977. The van der Waals surface area contributed by atoms with Gasteiger partial charge >= 0.3 is 0 Å². The smallest absolute Gasteiger partial charge is 0.257 e. The number of benzene rings is 4. The zero-order chi connectivity index (χ0) is 33.1. The Hall–Kier alpha value is -4.09. The number of hydrogen-bond acceptors (Lipinski definition) is 6. The average molecular weight is 671 g/mol. The molecule has 1 amide bonds. The molecular weight excluding hydrogens is 629 g/mol. The molecule has 246 valence electrons. The summed E-state index contributed by atoms with van der Waals surface area (Å²) in [6.07, 6.45) is 4.52. The number of carbonyl (C=O) groups excluding carboxylic acids is 1. The minimum Gasteiger partial charge on any atom is -0.494 e. The molecule has 1 fully saturated rings. The maximum Gasteiger partial charge on any atom is 0.257 e. The van der Waals surface area contributed by atoms with Gasteiger partial charge < -0.3 is 10.1 Å². The Morgan fingerprint density at radius 1 is 0.787 bits per heavy atom. The molecule has 4 aromatic carbocycles. The first kappa shape index (κ1) is 34.3. The van der Waals surface area contributed by atoms with Crippen LogP contribution in [0.15, 0.2) is 114 Å². The van der Waals surface area contributed by atoms with Crippen molar-refractivity contribution in [2.45, 2.75) is 43.5 Å². The fourth-order valence-corrected chi connectivity index (χ4v) is 7.34. The van der Waals surface area contributed by atoms with E-state index in [-0.39, 0.29) is 22.0 Å². The number of carbonyl (C=O) groups is 1. The van der Waals surface area contributed by atoms with E-state index in [1.165, 1.54) is 24.0 Å². The van der Waals surface area contributed by atoms with E-state index in [9.17, 15) is 13.2 Å². The molecule has 0 atom stereocenters. The van der Waals surface area contributed by atoms with Crippen LogP contribution >= 0.6 is 12.2 Å². The summed E-state index contributed by atoms with van der Waals surface area (Å²) in [5.74, 6) is 0.372. The van der Waals surface area contributed by atoms with Gasteiger partial charge in [0, 0.05) is 37.4 Å². The number of piperazine rings is 1. The normalized spacial score (nSPS) is 14.1. The van der Waals surface area contributed by atoms with Crippen LogP contribution in [0.3, 0.4) is 0 Å². The molecule has 0 radical (unpaired) electrons. The predicted molar refractivity (Wildman–Crippen MR) is 191 cm³/mol. The topological polar surface area (TPSA) is 91.0 Å². The second-order valence-corrected chi connectivity index (χ2v) is 13.9. The summed E-state index contributed by atoms with van der Waals surface area (Å²) >= 11 is 5.34. The van der Waals surface area contributed by atoms with Gasteiger partial charge in [0.1, 0.15) is 5.75 Å². The molecule has 1 aliphatic heterocycles. The molecule has 0 bridgehead atoms. The third-order valence-corrected chi connectivity index (χ3v) is 10.3. The lowest BCUT2D eigenvalue weighted by Crippen LogP contribution is -2.49. The lowest BCUT2D eigenvalue weighted by atomic mass is 9.96. The van der Waals surface area contributed by atoms with Gasteiger partial charge in [0.25, 0.3) is 5.91 Å². The van der Waals surface area contributed by atoms with E-state index in [2.05, 4.69) is 46.7 Å². The summed E-state index contributed by atoms with van der Waals surface area (Å²) in [7, 11) is -3.69. The van der Waals surface area contributed by atoms with E-state index >= 15 is 0 Å². The number of rotatable bonds is 13. The summed E-state index contributed by atoms with van der Waals surface area (Å²) in [6, 6.07) is 34.1. The van der Waals surface area contributed by atoms with Gasteiger partial charge in [0.2, 0.25) is 10.0 Å². The standard InChI is InChI=1S/C37H42N4O4S2/c1-2-3-4-11-28-45-33-20-16-31(17-21-33)36(42)39-37(46)38-32-18-22-34(23-19-32)47(43,44)41-26-24-40(25-27-41)35(29-12-7-5-8-13-29)30-14-9-6-10-15-30/h5-10,12-23,35H,2-4,11,24-28H2,1H3,(H2,38,39,42,46). The van der Waals surface area contributed by atoms with Gasteiger partial charge in [-0.2, -0.15) is 4.31 Å². The van der Waals surface area contributed by atoms with Crippen molar-refractivity contribution >= 4 is 38.9 Å². The van der Waals surface area contributed by atoms with Crippen LogP contribution in [-0.4, -0.2) is 61.4 Å². The Labute approximate surface area is 283 Å². The van der Waals surface area contributed by atoms with Crippen molar-refractivity contribution in [1.29, 1.82) is 0 Å². The molecule has 0 aromatic heterocycles. The molecule has 1 heterocycles. The van der Waals surface area contributed by atoms with Crippen LogP contribution in [0.2, 0.25) is 0 Å². The van der Waals surface area contributed by atoms with Crippen LogP contribution < -0.4 is 15.4 Å². The Kier molecular flexibility index (Phi) is 12.1. The van der Waals surface area contributed by atoms with E-state index in [4.69, 9.17) is 17.0 Å². The van der Waals surface area contributed by atoms with Crippen molar-refractivity contribution < 1.29 is 17.9 Å². The monoisotopic (exact) mass is 670 g/mol. The highest BCUT2D eigenvalue weighted by Gasteiger charge is 2.32. The third kappa shape index (κ3) is 9.26. The van der Waals surface area contributed by atoms with Crippen molar-refractivity contribution in [3.63, 3.8) is 0 Å². The maximum atomic E-state index is 13.6. The molecule has 47 heavy (non-hydrogen) atoms. The van der Waals surface area contributed by atoms with Crippen molar-refractivity contribution in [3.05, 3.63) is 126 Å². The molecule has 1 aliphatic rings. The van der Waals surface area contributed by atoms with E-state index in [1.807, 2.05) is 36.4 Å². The first-order chi connectivity index (χ1) is 22.8. The second kappa shape index (κ2) is 16.6. The molecule has 10 heteroatoms. The molecule has 0 unspecified atom stereocenters. The minimum atomic E-state index is -3.69. The van der Waals surface area contributed by atoms with Gasteiger partial charge in [-0.25, -0.2) is 8.42 Å². The number of hydrogen-bond donors (Lipinski definition) is 2. The van der Waals surface area contributed by atoms with Gasteiger partial charge in [-0.05, 0) is 78.3 Å². The van der Waals surface area contributed by atoms with Gasteiger partial charge in [-0.3, -0.25) is 15.0 Å². The molecule has 0 aliphatic carbocycles. The summed E-state index contributed by atoms with van der Waals surface area (Å²) in [6.45, 7) is 4.82. The van der Waals surface area contributed by atoms with Crippen LogP contribution in [0.4, 0.5) is 5.69 Å². The minimum absolute atomic E-state index is 0.0513. The summed E-state index contributed by atoms with van der Waals surface area (Å²) in [5.41, 5.74) is 3.39. The fourth-order valence-electron chi connectivity index (χ4n) is 5.71. The summed E-state index contributed by atoms with van der Waals surface area (Å²) in [4.78, 5) is 15.3. The first-order valence-electron chi connectivity index (χ1n) is 16.1. The lowest BCUT2D eigenvalue weighted by Gasteiger charge is -2.39. The number of nitrogens with one attached hydrogen (secondary N) is 2. The van der Waals surface area contributed by atoms with E-state index in [1.54, 1.807) is 52.8 Å². The molecular formula is C37H42N4O4S2. The molecule has 1 saturated heterocycles. The van der Waals surface area contributed by atoms with Crippen molar-refractivity contribution in [2.75, 3.05) is 38.1 Å². The highest BCUT2D eigenvalue weighted by atomic mass is 32.2. The number of sulfonamides is 1. The number of amides is 1. The predicted octanol–water partition coefficient (Wildman–Crippen LogP) is 6.87. The molecule has 4 aromatic rings. The van der Waals surface area contributed by atoms with Crippen molar-refractivity contribution in [2.24, 2.45) is 0 Å². The van der Waals surface area contributed by atoms with Crippen LogP contribution in [0.25, 0.3) is 0 Å². The molecule has 5 rings (SSSR count). The molecule has 0 saturated carbocycles. The summed E-state index contributed by atoms with van der Waals surface area (Å²) < 4.78 is 34.4. The number of ether oxygens (including phenoxy) is 1. The van der Waals surface area contributed by atoms with E-state index in [0.29, 0.717) is 44.0 Å². The highest BCUT2D eigenvalue weighted by Crippen LogP contribution is 2.30. The SMILES string of the molecule is CCCCCCOc1ccc(C(=O)NC(=S)Nc2ccc(S(=O)(=O)N3CCN(C(c4ccccc4)c4ccccc4)CC3)cc2)cc1. The zero-order valence-corrected chi connectivity index (χ0v) is 28.3. The van der Waals surface area contributed by atoms with Gasteiger partial charge in [-0.15, -0.1) is 0 Å². The second-order valence-electron chi connectivity index (χ2n) is 11.5. The number of thiocarbonyl (C=S) groups is 1. The third-order valence-electron chi connectivity index (χ3n) is 8.23. The van der Waals surface area contributed by atoms with Gasteiger partial charge in [0.15, 0.2) is 5.11 Å². The Balaban J connectivity index is 1.13. The molecule has 2 N–H and O–H groups in total. The van der Waals surface area contributed by atoms with Crippen LogP contribution in [0.1, 0.15) is 60.1 Å². The fraction of sp³-hybridized carbons (Fsp3) is 0.297. The largest absolute Gasteiger partial charge is 0.494 e. The quantitative estimate of drug-likeness (QED) is 0.119. The molecule has 8 nitrogen and oxygen atoms in total. The Bertz CT molecular complexity index is 1650. The number of nitrogens with zero attached hydrogens (tertiary/aromatic N) is 2. The van der Waals surface area contributed by atoms with Crippen molar-refractivity contribution in [1.82, 2.24) is 14.5 Å². The maximum absolute atomic E-state index is 13.6. The summed E-state index contributed by atoms with van der Waals surface area (Å²) in [5, 5.41) is 5.75. The van der Waals surface area contributed by atoms with Gasteiger partial charge in [-0.1, -0.05) is 86.8 Å². The Morgan fingerprint density at radius 3 is 1.96 bits per heavy atom. The van der Waals surface area contributed by atoms with Crippen LogP contribution in [-0.2, 0) is 10.0 Å². The van der Waals surface area contributed by atoms with E-state index < -0.39 is 10.0 Å². The van der Waals surface area contributed by atoms with Gasteiger partial charge in [0.05, 0.1) is 17.5 Å². The zero-order valence-electron chi connectivity index (χ0n) is 26.7. The number of anilines is 1.